The quantitative estimate of drug-likeness (QED) is 0.755. The number of aryl methyl sites for hydroxylation is 1. The van der Waals surface area contributed by atoms with E-state index in [1.54, 1.807) is 19.1 Å². The zero-order valence-corrected chi connectivity index (χ0v) is 17.3. The Hall–Kier alpha value is -1.89. The van der Waals surface area contributed by atoms with E-state index in [0.29, 0.717) is 12.0 Å². The molecule has 4 saturated carbocycles. The van der Waals surface area contributed by atoms with Crippen molar-refractivity contribution in [2.45, 2.75) is 56.8 Å². The Morgan fingerprint density at radius 3 is 2.14 bits per heavy atom. The standard InChI is InChI=1S/C21H28N2O4S/c1-13-3-4-17(8-18(13)28(2,26)27)20(25)23-22-19(24)12-21-9-14-5-15(10-21)7-16(6-14)11-21/h3-4,8,14-16H,5-7,9-12H2,1-2H3,(H,22,24)(H,23,25). The summed E-state index contributed by atoms with van der Waals surface area (Å²) >= 11 is 0. The van der Waals surface area contributed by atoms with Crippen LogP contribution in [0.3, 0.4) is 0 Å². The van der Waals surface area contributed by atoms with Crippen molar-refractivity contribution in [2.75, 3.05) is 6.26 Å². The van der Waals surface area contributed by atoms with E-state index in [1.165, 1.54) is 25.3 Å². The third-order valence-corrected chi connectivity index (χ3v) is 8.10. The molecule has 0 heterocycles. The first kappa shape index (κ1) is 19.4. The van der Waals surface area contributed by atoms with Crippen molar-refractivity contribution in [2.24, 2.45) is 23.2 Å². The highest BCUT2D eigenvalue weighted by molar-refractivity contribution is 7.90. The second-order valence-corrected chi connectivity index (χ2v) is 11.3. The molecule has 2 amide bonds. The maximum absolute atomic E-state index is 12.5. The smallest absolute Gasteiger partial charge is 0.269 e. The fraction of sp³-hybridized carbons (Fsp3) is 0.619. The summed E-state index contributed by atoms with van der Waals surface area (Å²) in [4.78, 5) is 25.0. The molecule has 4 bridgehead atoms. The maximum atomic E-state index is 12.5. The number of benzene rings is 1. The molecule has 0 saturated heterocycles. The first-order chi connectivity index (χ1) is 13.1. The van der Waals surface area contributed by atoms with Crippen molar-refractivity contribution >= 4 is 21.7 Å². The average molecular weight is 405 g/mol. The van der Waals surface area contributed by atoms with Crippen LogP contribution in [-0.2, 0) is 14.6 Å². The minimum atomic E-state index is -3.42. The van der Waals surface area contributed by atoms with Crippen LogP contribution in [0.1, 0.15) is 60.9 Å². The van der Waals surface area contributed by atoms with Crippen molar-refractivity contribution in [3.05, 3.63) is 29.3 Å². The third-order valence-electron chi connectivity index (χ3n) is 6.87. The molecular formula is C21H28N2O4S. The van der Waals surface area contributed by atoms with Gasteiger partial charge in [-0.05, 0) is 86.3 Å². The lowest BCUT2D eigenvalue weighted by molar-refractivity contribution is -0.130. The summed E-state index contributed by atoms with van der Waals surface area (Å²) in [5.74, 6) is 1.65. The summed E-state index contributed by atoms with van der Waals surface area (Å²) in [7, 11) is -3.42. The number of hydrazine groups is 1. The molecule has 28 heavy (non-hydrogen) atoms. The molecule has 152 valence electrons. The lowest BCUT2D eigenvalue weighted by Crippen LogP contribution is -2.50. The van der Waals surface area contributed by atoms with Gasteiger partial charge in [0, 0.05) is 18.2 Å². The molecule has 1 aromatic rings. The van der Waals surface area contributed by atoms with Gasteiger partial charge in [-0.2, -0.15) is 0 Å². The van der Waals surface area contributed by atoms with Crippen LogP contribution in [0.4, 0.5) is 0 Å². The first-order valence-electron chi connectivity index (χ1n) is 10.0. The van der Waals surface area contributed by atoms with Crippen molar-refractivity contribution in [3.8, 4) is 0 Å². The summed E-state index contributed by atoms with van der Waals surface area (Å²) in [5.41, 5.74) is 5.89. The molecule has 7 heteroatoms. The van der Waals surface area contributed by atoms with Gasteiger partial charge in [-0.1, -0.05) is 6.07 Å². The van der Waals surface area contributed by atoms with Crippen LogP contribution >= 0.6 is 0 Å². The van der Waals surface area contributed by atoms with E-state index in [4.69, 9.17) is 0 Å². The Labute approximate surface area is 166 Å². The largest absolute Gasteiger partial charge is 0.273 e. The summed E-state index contributed by atoms with van der Waals surface area (Å²) in [5, 5.41) is 0. The number of sulfone groups is 1. The predicted molar refractivity (Wildman–Crippen MR) is 105 cm³/mol. The van der Waals surface area contributed by atoms with Gasteiger partial charge in [0.15, 0.2) is 9.84 Å². The number of nitrogens with one attached hydrogen (secondary N) is 2. The number of carbonyl (C=O) groups excluding carboxylic acids is 2. The third kappa shape index (κ3) is 3.81. The Morgan fingerprint density at radius 1 is 1.04 bits per heavy atom. The molecule has 0 atom stereocenters. The van der Waals surface area contributed by atoms with Gasteiger partial charge in [0.2, 0.25) is 5.91 Å². The van der Waals surface area contributed by atoms with E-state index < -0.39 is 15.7 Å². The Balaban J connectivity index is 1.37. The van der Waals surface area contributed by atoms with E-state index in [1.807, 2.05) is 0 Å². The Bertz CT molecular complexity index is 887. The first-order valence-corrected chi connectivity index (χ1v) is 11.9. The van der Waals surface area contributed by atoms with Crippen molar-refractivity contribution in [3.63, 3.8) is 0 Å². The van der Waals surface area contributed by atoms with Gasteiger partial charge in [0.05, 0.1) is 4.90 Å². The molecule has 0 spiro atoms. The molecule has 4 fully saturated rings. The summed E-state index contributed by atoms with van der Waals surface area (Å²) in [6.45, 7) is 1.69. The summed E-state index contributed by atoms with van der Waals surface area (Å²) < 4.78 is 23.7. The number of hydrogen-bond donors (Lipinski definition) is 2. The van der Waals surface area contributed by atoms with E-state index in [0.717, 1.165) is 43.3 Å². The van der Waals surface area contributed by atoms with Crippen LogP contribution in [0.5, 0.6) is 0 Å². The van der Waals surface area contributed by atoms with E-state index in [9.17, 15) is 18.0 Å². The Kier molecular flexibility index (Phi) is 4.76. The molecule has 4 aliphatic rings. The fourth-order valence-electron chi connectivity index (χ4n) is 6.23. The van der Waals surface area contributed by atoms with Gasteiger partial charge in [-0.15, -0.1) is 0 Å². The van der Waals surface area contributed by atoms with Crippen LogP contribution in [0.2, 0.25) is 0 Å². The van der Waals surface area contributed by atoms with Gasteiger partial charge in [-0.3, -0.25) is 20.4 Å². The van der Waals surface area contributed by atoms with E-state index >= 15 is 0 Å². The molecule has 6 nitrogen and oxygen atoms in total. The highest BCUT2D eigenvalue weighted by Crippen LogP contribution is 2.61. The van der Waals surface area contributed by atoms with Crippen molar-refractivity contribution in [1.29, 1.82) is 0 Å². The zero-order chi connectivity index (χ0) is 20.1. The van der Waals surface area contributed by atoms with Gasteiger partial charge < -0.3 is 0 Å². The summed E-state index contributed by atoms with van der Waals surface area (Å²) in [6, 6.07) is 4.51. The second kappa shape index (κ2) is 6.87. The molecule has 4 aliphatic carbocycles. The minimum Gasteiger partial charge on any atom is -0.273 e. The van der Waals surface area contributed by atoms with E-state index in [-0.39, 0.29) is 21.8 Å². The zero-order valence-electron chi connectivity index (χ0n) is 16.5. The SMILES string of the molecule is Cc1ccc(C(=O)NNC(=O)CC23CC4CC(CC(C4)C2)C3)cc1S(C)(=O)=O. The maximum Gasteiger partial charge on any atom is 0.269 e. The topological polar surface area (TPSA) is 92.3 Å². The van der Waals surface area contributed by atoms with Crippen LogP contribution in [-0.4, -0.2) is 26.5 Å². The lowest BCUT2D eigenvalue weighted by Gasteiger charge is -2.56. The molecule has 2 N–H and O–H groups in total. The highest BCUT2D eigenvalue weighted by Gasteiger charge is 2.51. The van der Waals surface area contributed by atoms with Crippen LogP contribution in [0, 0.1) is 30.1 Å². The second-order valence-electron chi connectivity index (χ2n) is 9.35. The van der Waals surface area contributed by atoms with Crippen molar-refractivity contribution < 1.29 is 18.0 Å². The van der Waals surface area contributed by atoms with Crippen LogP contribution in [0.25, 0.3) is 0 Å². The predicted octanol–water partition coefficient (Wildman–Crippen LogP) is 2.77. The average Bonchev–Trinajstić information content (AvgIpc) is 2.57. The molecule has 0 unspecified atom stereocenters. The highest BCUT2D eigenvalue weighted by atomic mass is 32.2. The van der Waals surface area contributed by atoms with Gasteiger partial charge in [0.25, 0.3) is 5.91 Å². The normalized spacial score (nSPS) is 30.9. The molecule has 5 rings (SSSR count). The van der Waals surface area contributed by atoms with Crippen LogP contribution in [0.15, 0.2) is 23.1 Å². The van der Waals surface area contributed by atoms with Gasteiger partial charge in [0.1, 0.15) is 0 Å². The fourth-order valence-corrected chi connectivity index (χ4v) is 7.22. The molecular weight excluding hydrogens is 376 g/mol. The number of amides is 2. The molecule has 0 aromatic heterocycles. The molecule has 0 aliphatic heterocycles. The number of hydrogen-bond acceptors (Lipinski definition) is 4. The van der Waals surface area contributed by atoms with Crippen LogP contribution < -0.4 is 10.9 Å². The summed E-state index contributed by atoms with van der Waals surface area (Å²) in [6.07, 6.45) is 8.96. The number of carbonyl (C=O) groups is 2. The van der Waals surface area contributed by atoms with Gasteiger partial charge in [-0.25, -0.2) is 8.42 Å². The molecule has 0 radical (unpaired) electrons. The number of rotatable bonds is 4. The van der Waals surface area contributed by atoms with Crippen molar-refractivity contribution in [1.82, 2.24) is 10.9 Å². The molecule has 1 aromatic carbocycles. The minimum absolute atomic E-state index is 0.108. The van der Waals surface area contributed by atoms with Gasteiger partial charge >= 0.3 is 0 Å². The lowest BCUT2D eigenvalue weighted by atomic mass is 9.49. The Morgan fingerprint density at radius 2 is 1.61 bits per heavy atom. The van der Waals surface area contributed by atoms with E-state index in [2.05, 4.69) is 10.9 Å². The monoisotopic (exact) mass is 404 g/mol.